The van der Waals surface area contributed by atoms with Gasteiger partial charge in [0.1, 0.15) is 0 Å². The van der Waals surface area contributed by atoms with Crippen LogP contribution in [0.15, 0.2) is 5.16 Å². The Hall–Kier alpha value is -1.81. The molecule has 1 saturated heterocycles. The van der Waals surface area contributed by atoms with E-state index in [9.17, 15) is 9.59 Å². The minimum atomic E-state index is -0.564. The molecule has 0 saturated carbocycles. The van der Waals surface area contributed by atoms with E-state index in [4.69, 9.17) is 10.5 Å². The number of hydrogen-bond donors (Lipinski definition) is 2. The minimum Gasteiger partial charge on any atom is -0.378 e. The lowest BCUT2D eigenvalue weighted by Gasteiger charge is -2.28. The van der Waals surface area contributed by atoms with Crippen LogP contribution in [0.1, 0.15) is 13.8 Å². The van der Waals surface area contributed by atoms with Crippen molar-refractivity contribution in [2.24, 2.45) is 11.7 Å². The van der Waals surface area contributed by atoms with Gasteiger partial charge >= 0.3 is 0 Å². The van der Waals surface area contributed by atoms with E-state index >= 15 is 0 Å². The van der Waals surface area contributed by atoms with Gasteiger partial charge in [-0.15, -0.1) is 10.2 Å². The van der Waals surface area contributed by atoms with Gasteiger partial charge in [-0.3, -0.25) is 14.2 Å². The maximum atomic E-state index is 11.7. The van der Waals surface area contributed by atoms with E-state index in [-0.39, 0.29) is 18.2 Å². The Morgan fingerprint density at radius 2 is 2.04 bits per heavy atom. The number of nitrogens with one attached hydrogen (secondary N) is 1. The molecule has 0 aliphatic carbocycles. The molecule has 3 N–H and O–H groups in total. The van der Waals surface area contributed by atoms with Crippen molar-refractivity contribution >= 4 is 29.5 Å². The molecule has 24 heavy (non-hydrogen) atoms. The van der Waals surface area contributed by atoms with Crippen molar-refractivity contribution in [1.29, 1.82) is 0 Å². The smallest absolute Gasteiger partial charge is 0.236 e. The predicted molar refractivity (Wildman–Crippen MR) is 90.8 cm³/mol. The summed E-state index contributed by atoms with van der Waals surface area (Å²) >= 11 is 1.30. The van der Waals surface area contributed by atoms with Gasteiger partial charge in [-0.2, -0.15) is 0 Å². The molecule has 1 aliphatic rings. The minimum absolute atomic E-state index is 0.156. The molecule has 134 valence electrons. The summed E-state index contributed by atoms with van der Waals surface area (Å²) in [7, 11) is 0. The number of nitrogens with two attached hydrogens (primary N) is 1. The molecule has 2 heterocycles. The van der Waals surface area contributed by atoms with E-state index in [1.165, 1.54) is 11.8 Å². The average molecular weight is 356 g/mol. The molecule has 1 aliphatic heterocycles. The fraction of sp³-hybridized carbons (Fsp3) is 0.714. The second-order valence-electron chi connectivity index (χ2n) is 5.92. The van der Waals surface area contributed by atoms with Crippen molar-refractivity contribution in [3.05, 3.63) is 0 Å². The molecule has 0 bridgehead atoms. The third kappa shape index (κ3) is 5.38. The standard InChI is InChI=1S/C14H24N6O3S/c1-10(2)8-20-13(19-3-5-23-6-4-19)17-18-14(20)24-9-12(22)16-7-11(15)21/h10H,3-9H2,1-2H3,(H2,15,21)(H,16,22). The van der Waals surface area contributed by atoms with Crippen LogP contribution >= 0.6 is 11.8 Å². The summed E-state index contributed by atoms with van der Waals surface area (Å²) in [6, 6.07) is 0. The van der Waals surface area contributed by atoms with Gasteiger partial charge in [0.05, 0.1) is 25.5 Å². The van der Waals surface area contributed by atoms with E-state index in [2.05, 4.69) is 34.3 Å². The Morgan fingerprint density at radius 1 is 1.33 bits per heavy atom. The zero-order chi connectivity index (χ0) is 17.5. The van der Waals surface area contributed by atoms with Gasteiger partial charge in [-0.25, -0.2) is 0 Å². The number of carbonyl (C=O) groups excluding carboxylic acids is 2. The lowest BCUT2D eigenvalue weighted by atomic mass is 10.2. The summed E-state index contributed by atoms with van der Waals surface area (Å²) < 4.78 is 7.42. The molecule has 0 aromatic carbocycles. The van der Waals surface area contributed by atoms with Crippen LogP contribution < -0.4 is 16.0 Å². The number of aromatic nitrogens is 3. The van der Waals surface area contributed by atoms with Gasteiger partial charge in [0.2, 0.25) is 17.8 Å². The summed E-state index contributed by atoms with van der Waals surface area (Å²) in [6.45, 7) is 7.76. The fourth-order valence-corrected chi connectivity index (χ4v) is 3.05. The second kappa shape index (κ2) is 8.88. The maximum Gasteiger partial charge on any atom is 0.236 e. The quantitative estimate of drug-likeness (QED) is 0.601. The summed E-state index contributed by atoms with van der Waals surface area (Å²) in [5.41, 5.74) is 5.01. The molecule has 0 atom stereocenters. The number of amides is 2. The number of nitrogens with zero attached hydrogens (tertiary/aromatic N) is 4. The Kier molecular flexibility index (Phi) is 6.85. The van der Waals surface area contributed by atoms with Crippen LogP contribution in [0.4, 0.5) is 5.95 Å². The first kappa shape index (κ1) is 18.5. The summed E-state index contributed by atoms with van der Waals surface area (Å²) in [6.07, 6.45) is 0. The third-order valence-corrected chi connectivity index (χ3v) is 4.30. The first-order valence-corrected chi connectivity index (χ1v) is 8.89. The average Bonchev–Trinajstić information content (AvgIpc) is 2.93. The van der Waals surface area contributed by atoms with Crippen molar-refractivity contribution in [2.75, 3.05) is 43.5 Å². The number of anilines is 1. The molecule has 9 nitrogen and oxygen atoms in total. The van der Waals surface area contributed by atoms with Gasteiger partial charge < -0.3 is 20.7 Å². The Bertz CT molecular complexity index is 571. The molecule has 2 amide bonds. The highest BCUT2D eigenvalue weighted by Crippen LogP contribution is 2.24. The highest BCUT2D eigenvalue weighted by atomic mass is 32.2. The Morgan fingerprint density at radius 3 is 2.67 bits per heavy atom. The first-order valence-electron chi connectivity index (χ1n) is 7.91. The van der Waals surface area contributed by atoms with Crippen LogP contribution in [-0.2, 0) is 20.9 Å². The lowest BCUT2D eigenvalue weighted by molar-refractivity contribution is -0.123. The molecule has 0 radical (unpaired) electrons. The van der Waals surface area contributed by atoms with Crippen molar-refractivity contribution < 1.29 is 14.3 Å². The molecule has 10 heteroatoms. The van der Waals surface area contributed by atoms with Crippen molar-refractivity contribution in [1.82, 2.24) is 20.1 Å². The molecule has 1 aromatic heterocycles. The SMILES string of the molecule is CC(C)Cn1c(SCC(=O)NCC(N)=O)nnc1N1CCOCC1. The Labute approximate surface area is 145 Å². The molecule has 1 fully saturated rings. The van der Waals surface area contributed by atoms with E-state index < -0.39 is 5.91 Å². The lowest BCUT2D eigenvalue weighted by Crippen LogP contribution is -2.38. The van der Waals surface area contributed by atoms with Crippen LogP contribution in [0.3, 0.4) is 0 Å². The normalized spacial score (nSPS) is 14.9. The first-order chi connectivity index (χ1) is 11.5. The summed E-state index contributed by atoms with van der Waals surface area (Å²) in [5, 5.41) is 11.7. The molecule has 2 rings (SSSR count). The number of thioether (sulfide) groups is 1. The number of hydrogen-bond acceptors (Lipinski definition) is 7. The third-order valence-electron chi connectivity index (χ3n) is 3.33. The monoisotopic (exact) mass is 356 g/mol. The van der Waals surface area contributed by atoms with Crippen LogP contribution in [0.5, 0.6) is 0 Å². The highest BCUT2D eigenvalue weighted by molar-refractivity contribution is 7.99. The van der Waals surface area contributed by atoms with E-state index in [0.717, 1.165) is 25.6 Å². The molecular formula is C14H24N6O3S. The molecule has 1 aromatic rings. The van der Waals surface area contributed by atoms with Crippen LogP contribution in [0.25, 0.3) is 0 Å². The summed E-state index contributed by atoms with van der Waals surface area (Å²) in [4.78, 5) is 24.6. The highest BCUT2D eigenvalue weighted by Gasteiger charge is 2.21. The van der Waals surface area contributed by atoms with Crippen molar-refractivity contribution in [2.45, 2.75) is 25.5 Å². The zero-order valence-electron chi connectivity index (χ0n) is 14.0. The topological polar surface area (TPSA) is 115 Å². The van der Waals surface area contributed by atoms with Gasteiger partial charge in [-0.1, -0.05) is 25.6 Å². The predicted octanol–water partition coefficient (Wildman–Crippen LogP) is -0.536. The van der Waals surface area contributed by atoms with E-state index in [1.54, 1.807) is 0 Å². The molecule has 0 unspecified atom stereocenters. The van der Waals surface area contributed by atoms with Gasteiger partial charge in [0.25, 0.3) is 0 Å². The van der Waals surface area contributed by atoms with Crippen LogP contribution in [-0.4, -0.2) is 65.2 Å². The van der Waals surface area contributed by atoms with Crippen LogP contribution in [0.2, 0.25) is 0 Å². The zero-order valence-corrected chi connectivity index (χ0v) is 14.8. The van der Waals surface area contributed by atoms with E-state index in [0.29, 0.717) is 24.3 Å². The van der Waals surface area contributed by atoms with Gasteiger partial charge in [0.15, 0.2) is 5.16 Å². The number of ether oxygens (including phenoxy) is 1. The van der Waals surface area contributed by atoms with Crippen molar-refractivity contribution in [3.63, 3.8) is 0 Å². The molecule has 0 spiro atoms. The maximum absolute atomic E-state index is 11.7. The number of primary amides is 1. The van der Waals surface area contributed by atoms with Gasteiger partial charge in [0, 0.05) is 19.6 Å². The number of rotatable bonds is 8. The number of carbonyl (C=O) groups is 2. The van der Waals surface area contributed by atoms with Crippen molar-refractivity contribution in [3.8, 4) is 0 Å². The van der Waals surface area contributed by atoms with E-state index in [1.807, 2.05) is 4.57 Å². The van der Waals surface area contributed by atoms with Crippen LogP contribution in [0, 0.1) is 5.92 Å². The fourth-order valence-electron chi connectivity index (χ4n) is 2.28. The summed E-state index contributed by atoms with van der Waals surface area (Å²) in [5.74, 6) is 0.569. The van der Waals surface area contributed by atoms with Gasteiger partial charge in [-0.05, 0) is 5.92 Å². The Balaban J connectivity index is 2.04. The molecular weight excluding hydrogens is 332 g/mol. The largest absolute Gasteiger partial charge is 0.378 e. The second-order valence-corrected chi connectivity index (χ2v) is 6.86. The number of morpholine rings is 1.